The molecule has 2 aliphatic heterocycles. The Hall–Kier alpha value is -4.78. The summed E-state index contributed by atoms with van der Waals surface area (Å²) >= 11 is 0. The van der Waals surface area contributed by atoms with Crippen LogP contribution >= 0.6 is 0 Å². The predicted octanol–water partition coefficient (Wildman–Crippen LogP) is 5.53. The molecule has 2 aliphatic rings. The van der Waals surface area contributed by atoms with E-state index in [0.717, 1.165) is 17.1 Å². The molecule has 256 valence electrons. The molecule has 0 saturated carbocycles. The van der Waals surface area contributed by atoms with E-state index in [1.807, 2.05) is 47.9 Å². The second kappa shape index (κ2) is 13.8. The number of nitrogens with zero attached hydrogens (tertiary/aromatic N) is 6. The van der Waals surface area contributed by atoms with E-state index in [2.05, 4.69) is 36.0 Å². The van der Waals surface area contributed by atoms with Gasteiger partial charge in [-0.3, -0.25) is 9.78 Å². The summed E-state index contributed by atoms with van der Waals surface area (Å²) in [5.41, 5.74) is 4.03. The second-order valence-electron chi connectivity index (χ2n) is 13.5. The van der Waals surface area contributed by atoms with E-state index in [0.29, 0.717) is 48.1 Å². The Labute approximate surface area is 281 Å². The first-order valence-corrected chi connectivity index (χ1v) is 16.0. The first kappa shape index (κ1) is 34.6. The molecule has 0 bridgehead atoms. The van der Waals surface area contributed by atoms with Crippen molar-refractivity contribution >= 4 is 46.4 Å². The number of hydrogen-bond acceptors (Lipinski definition) is 11. The third-order valence-corrected chi connectivity index (χ3v) is 8.34. The number of aromatic nitrogens is 3. The zero-order chi connectivity index (χ0) is 34.9. The van der Waals surface area contributed by atoms with Crippen LogP contribution in [0.4, 0.5) is 38.9 Å². The Bertz CT molecular complexity index is 1710. The number of nitrogens with one attached hydrogen (secondary N) is 2. The van der Waals surface area contributed by atoms with Crippen LogP contribution in [-0.4, -0.2) is 90.9 Å². The van der Waals surface area contributed by atoms with E-state index >= 15 is 0 Å². The average molecular weight is 661 g/mol. The molecule has 3 aromatic rings. The van der Waals surface area contributed by atoms with Crippen LogP contribution in [-0.2, 0) is 14.9 Å². The van der Waals surface area contributed by atoms with Gasteiger partial charge < -0.3 is 34.8 Å². The highest BCUT2D eigenvalue weighted by atomic mass is 19.1. The van der Waals surface area contributed by atoms with Gasteiger partial charge in [0.05, 0.1) is 41.7 Å². The zero-order valence-corrected chi connectivity index (χ0v) is 28.9. The minimum atomic E-state index is -1.02. The number of carbonyl (C=O) groups is 2. The molecule has 13 heteroatoms. The largest absolute Gasteiger partial charge is 0.494 e. The molecule has 0 unspecified atom stereocenters. The number of amides is 1. The normalized spacial score (nSPS) is 18.2. The molecule has 1 fully saturated rings. The van der Waals surface area contributed by atoms with Crippen molar-refractivity contribution in [2.24, 2.45) is 0 Å². The summed E-state index contributed by atoms with van der Waals surface area (Å²) in [6.45, 7) is 14.6. The number of methoxy groups -OCH3 is 1. The number of pyridine rings is 1. The molecule has 0 aliphatic carbocycles. The van der Waals surface area contributed by atoms with Crippen molar-refractivity contribution in [3.63, 3.8) is 0 Å². The number of benzene rings is 1. The van der Waals surface area contributed by atoms with Gasteiger partial charge in [0.15, 0.2) is 5.82 Å². The van der Waals surface area contributed by atoms with Crippen LogP contribution in [0.15, 0.2) is 43.1 Å². The molecule has 2 aromatic heterocycles. The van der Waals surface area contributed by atoms with Crippen LogP contribution in [0.2, 0.25) is 0 Å². The van der Waals surface area contributed by atoms with Gasteiger partial charge in [0.2, 0.25) is 11.9 Å². The van der Waals surface area contributed by atoms with E-state index in [1.165, 1.54) is 19.4 Å². The number of alkyl halides is 1. The van der Waals surface area contributed by atoms with Crippen LogP contribution < -0.4 is 25.2 Å². The second-order valence-corrected chi connectivity index (χ2v) is 13.5. The Balaban J connectivity index is 1.59. The van der Waals surface area contributed by atoms with Crippen LogP contribution in [0.1, 0.15) is 55.9 Å². The molecule has 0 radical (unpaired) electrons. The van der Waals surface area contributed by atoms with E-state index in [4.69, 9.17) is 19.4 Å². The summed E-state index contributed by atoms with van der Waals surface area (Å²) in [5, 5.41) is 6.11. The number of likely N-dealkylation sites (N-methyl/N-ethyl adjacent to an activating group) is 1. The SMILES string of the molecule is C=CC(=O)Nc1cc(Nc2ncc(C(=O)OC(C)C)c(N3CC(C)(C)c4nc(C)ccc43)n2)c(OC)cc1N1C[C@@H](F)C[C@@H]1CN(C)C. The minimum absolute atomic E-state index is 0.118. The van der Waals surface area contributed by atoms with Crippen molar-refractivity contribution < 1.29 is 23.5 Å². The molecule has 1 amide bonds. The number of carbonyl (C=O) groups excluding carboxylic acids is 2. The third-order valence-electron chi connectivity index (χ3n) is 8.34. The van der Waals surface area contributed by atoms with E-state index in [-0.39, 0.29) is 35.6 Å². The topological polar surface area (TPSA) is 125 Å². The maximum absolute atomic E-state index is 14.8. The molecular weight excluding hydrogens is 615 g/mol. The summed E-state index contributed by atoms with van der Waals surface area (Å²) in [7, 11) is 5.42. The lowest BCUT2D eigenvalue weighted by molar-refractivity contribution is -0.111. The summed E-state index contributed by atoms with van der Waals surface area (Å²) in [6.07, 6.45) is 1.62. The number of hydrogen-bond donors (Lipinski definition) is 2. The first-order valence-electron chi connectivity index (χ1n) is 16.0. The van der Waals surface area contributed by atoms with Gasteiger partial charge >= 0.3 is 5.97 Å². The highest BCUT2D eigenvalue weighted by Gasteiger charge is 2.40. The minimum Gasteiger partial charge on any atom is -0.494 e. The van der Waals surface area contributed by atoms with Gasteiger partial charge in [-0.05, 0) is 59.1 Å². The summed E-state index contributed by atoms with van der Waals surface area (Å²) in [4.78, 5) is 46.0. The number of rotatable bonds is 11. The third kappa shape index (κ3) is 7.20. The number of fused-ring (bicyclic) bond motifs is 1. The van der Waals surface area contributed by atoms with Crippen LogP contribution in [0, 0.1) is 6.92 Å². The maximum atomic E-state index is 14.8. The number of esters is 1. The van der Waals surface area contributed by atoms with Gasteiger partial charge in [-0.25, -0.2) is 14.2 Å². The van der Waals surface area contributed by atoms with Crippen LogP contribution in [0.3, 0.4) is 0 Å². The summed E-state index contributed by atoms with van der Waals surface area (Å²) < 4.78 is 26.2. The molecule has 1 aromatic carbocycles. The van der Waals surface area contributed by atoms with Crippen molar-refractivity contribution in [1.82, 2.24) is 19.9 Å². The Morgan fingerprint density at radius 1 is 1.19 bits per heavy atom. The quantitative estimate of drug-likeness (QED) is 0.199. The van der Waals surface area contributed by atoms with Gasteiger partial charge in [-0.2, -0.15) is 4.98 Å². The smallest absolute Gasteiger partial charge is 0.343 e. The standard InChI is InChI=1S/C35H45FN8O4/c1-10-30(45)39-25-14-26(29(47-9)15-28(25)43-17-22(36)13-23(43)18-42(7)8)40-34-37-16-24(33(46)48-20(2)3)32(41-34)44-19-35(5,6)31-27(44)12-11-21(4)38-31/h10-12,14-16,20,22-23H,1,13,17-19H2,2-9H3,(H,39,45)(H,37,40,41)/t22-,23+/m0/s1. The molecule has 5 rings (SSSR count). The first-order chi connectivity index (χ1) is 22.7. The lowest BCUT2D eigenvalue weighted by Crippen LogP contribution is -2.38. The Morgan fingerprint density at radius 3 is 2.60 bits per heavy atom. The highest BCUT2D eigenvalue weighted by Crippen LogP contribution is 2.45. The molecule has 4 heterocycles. The van der Waals surface area contributed by atoms with Crippen molar-refractivity contribution in [1.29, 1.82) is 0 Å². The lowest BCUT2D eigenvalue weighted by atomic mass is 9.91. The van der Waals surface area contributed by atoms with Crippen molar-refractivity contribution in [2.45, 2.75) is 64.8 Å². The van der Waals surface area contributed by atoms with Crippen molar-refractivity contribution in [3.8, 4) is 5.75 Å². The Kier molecular flexibility index (Phi) is 9.90. The van der Waals surface area contributed by atoms with Crippen LogP contribution in [0.25, 0.3) is 0 Å². The fraction of sp³-hybridized carbons (Fsp3) is 0.457. The Morgan fingerprint density at radius 2 is 1.94 bits per heavy atom. The zero-order valence-electron chi connectivity index (χ0n) is 28.9. The van der Waals surface area contributed by atoms with Gasteiger partial charge in [0, 0.05) is 55.5 Å². The number of anilines is 6. The number of ether oxygens (including phenoxy) is 2. The predicted molar refractivity (Wildman–Crippen MR) is 186 cm³/mol. The summed E-state index contributed by atoms with van der Waals surface area (Å²) in [6, 6.07) is 7.27. The molecule has 0 spiro atoms. The lowest BCUT2D eigenvalue weighted by Gasteiger charge is -2.31. The van der Waals surface area contributed by atoms with Crippen molar-refractivity contribution in [2.75, 3.05) is 61.3 Å². The fourth-order valence-corrected chi connectivity index (χ4v) is 6.30. The molecule has 2 atom stereocenters. The molecule has 2 N–H and O–H groups in total. The highest BCUT2D eigenvalue weighted by molar-refractivity contribution is 6.02. The van der Waals surface area contributed by atoms with E-state index in [1.54, 1.807) is 26.0 Å². The van der Waals surface area contributed by atoms with Gasteiger partial charge in [-0.15, -0.1) is 0 Å². The number of aryl methyl sites for hydroxylation is 1. The fourth-order valence-electron chi connectivity index (χ4n) is 6.30. The van der Waals surface area contributed by atoms with Gasteiger partial charge in [0.25, 0.3) is 0 Å². The molecule has 48 heavy (non-hydrogen) atoms. The van der Waals surface area contributed by atoms with Gasteiger partial charge in [0.1, 0.15) is 17.5 Å². The molecular formula is C35H45FN8O4. The van der Waals surface area contributed by atoms with Crippen molar-refractivity contribution in [3.05, 3.63) is 60.1 Å². The van der Waals surface area contributed by atoms with Gasteiger partial charge in [-0.1, -0.05) is 20.4 Å². The summed E-state index contributed by atoms with van der Waals surface area (Å²) in [5.74, 6) is 0.00810. The molecule has 12 nitrogen and oxygen atoms in total. The number of halogens is 1. The molecule has 1 saturated heterocycles. The van der Waals surface area contributed by atoms with E-state index in [9.17, 15) is 14.0 Å². The average Bonchev–Trinajstić information content (AvgIpc) is 3.50. The van der Waals surface area contributed by atoms with Crippen LogP contribution in [0.5, 0.6) is 5.75 Å². The maximum Gasteiger partial charge on any atom is 0.343 e. The monoisotopic (exact) mass is 660 g/mol. The van der Waals surface area contributed by atoms with E-state index < -0.39 is 18.0 Å².